The molecule has 1 aliphatic heterocycles. The minimum absolute atomic E-state index is 0.186. The Hall–Kier alpha value is -3.03. The van der Waals surface area contributed by atoms with Gasteiger partial charge in [-0.1, -0.05) is 56.3 Å². The molecule has 26 heavy (non-hydrogen) atoms. The maximum Gasteiger partial charge on any atom is 0.0973 e. The molecule has 1 unspecified atom stereocenters. The van der Waals surface area contributed by atoms with E-state index >= 15 is 0 Å². The van der Waals surface area contributed by atoms with E-state index in [1.54, 1.807) is 0 Å². The Balaban J connectivity index is 2.08. The minimum Gasteiger partial charge on any atom is -0.397 e. The summed E-state index contributed by atoms with van der Waals surface area (Å²) in [5.74, 6) is 0. The van der Waals surface area contributed by atoms with Gasteiger partial charge in [0, 0.05) is 18.8 Å². The number of anilines is 2. The van der Waals surface area contributed by atoms with E-state index in [2.05, 4.69) is 36.3 Å². The van der Waals surface area contributed by atoms with E-state index < -0.39 is 0 Å². The first-order valence-corrected chi connectivity index (χ1v) is 8.83. The quantitative estimate of drug-likeness (QED) is 0.799. The Morgan fingerprint density at radius 3 is 2.46 bits per heavy atom. The zero-order chi connectivity index (χ0) is 18.5. The third kappa shape index (κ3) is 3.79. The van der Waals surface area contributed by atoms with Gasteiger partial charge in [0.05, 0.1) is 29.1 Å². The van der Waals surface area contributed by atoms with E-state index in [-0.39, 0.29) is 6.04 Å². The molecule has 0 aliphatic carbocycles. The molecule has 0 radical (unpaired) electrons. The predicted octanol–water partition coefficient (Wildman–Crippen LogP) is 4.16. The standard InChI is InChI=1S/C22H24N4/c1-16(2)25-14-17-12-19(13-23)22(18-8-4-3-5-9-18)26(15-17)21-11-7-6-10-20(21)24/h3-12,15-16,22,25H,14,24H2,1-2H3. The van der Waals surface area contributed by atoms with Gasteiger partial charge >= 0.3 is 0 Å². The monoisotopic (exact) mass is 344 g/mol. The van der Waals surface area contributed by atoms with Crippen LogP contribution in [0.4, 0.5) is 11.4 Å². The second-order valence-corrected chi connectivity index (χ2v) is 6.73. The van der Waals surface area contributed by atoms with Gasteiger partial charge in [-0.15, -0.1) is 0 Å². The van der Waals surface area contributed by atoms with Crippen LogP contribution in [0.15, 0.2) is 78.0 Å². The first kappa shape index (κ1) is 17.8. The molecule has 0 saturated carbocycles. The number of nitrogens with one attached hydrogen (secondary N) is 1. The molecular formula is C22H24N4. The lowest BCUT2D eigenvalue weighted by Crippen LogP contribution is -2.31. The molecule has 0 spiro atoms. The number of nitrogens with two attached hydrogens (primary N) is 1. The Morgan fingerprint density at radius 1 is 1.12 bits per heavy atom. The molecule has 1 atom stereocenters. The van der Waals surface area contributed by atoms with Crippen LogP contribution < -0.4 is 16.0 Å². The fourth-order valence-corrected chi connectivity index (χ4v) is 3.14. The lowest BCUT2D eigenvalue weighted by atomic mass is 9.92. The Bertz CT molecular complexity index is 859. The minimum atomic E-state index is -0.186. The summed E-state index contributed by atoms with van der Waals surface area (Å²) in [6.07, 6.45) is 4.09. The highest BCUT2D eigenvalue weighted by Gasteiger charge is 2.28. The van der Waals surface area contributed by atoms with Crippen molar-refractivity contribution >= 4 is 11.4 Å². The highest BCUT2D eigenvalue weighted by atomic mass is 15.2. The van der Waals surface area contributed by atoms with Crippen LogP contribution in [0.3, 0.4) is 0 Å². The molecule has 3 rings (SSSR count). The predicted molar refractivity (Wildman–Crippen MR) is 107 cm³/mol. The number of hydrogen-bond donors (Lipinski definition) is 2. The van der Waals surface area contributed by atoms with E-state index in [1.165, 1.54) is 0 Å². The summed E-state index contributed by atoms with van der Waals surface area (Å²) in [7, 11) is 0. The first-order chi connectivity index (χ1) is 12.6. The molecule has 0 saturated heterocycles. The smallest absolute Gasteiger partial charge is 0.0973 e. The maximum atomic E-state index is 9.83. The van der Waals surface area contributed by atoms with Crippen molar-refractivity contribution < 1.29 is 0 Å². The number of benzene rings is 2. The van der Waals surface area contributed by atoms with E-state index in [1.807, 2.05) is 60.7 Å². The topological polar surface area (TPSA) is 65.1 Å². The fraction of sp³-hybridized carbons (Fsp3) is 0.227. The number of nitriles is 1. The summed E-state index contributed by atoms with van der Waals surface area (Å²) >= 11 is 0. The van der Waals surface area contributed by atoms with Crippen molar-refractivity contribution in [3.8, 4) is 6.07 Å². The summed E-state index contributed by atoms with van der Waals surface area (Å²) < 4.78 is 0. The molecule has 0 amide bonds. The molecular weight excluding hydrogens is 320 g/mol. The number of nitrogens with zero attached hydrogens (tertiary/aromatic N) is 2. The summed E-state index contributed by atoms with van der Waals surface area (Å²) in [4.78, 5) is 2.11. The van der Waals surface area contributed by atoms with Crippen LogP contribution in [0, 0.1) is 11.3 Å². The summed E-state index contributed by atoms with van der Waals surface area (Å²) in [6, 6.07) is 20.4. The van der Waals surface area contributed by atoms with Gasteiger partial charge in [0.25, 0.3) is 0 Å². The second-order valence-electron chi connectivity index (χ2n) is 6.73. The highest BCUT2D eigenvalue weighted by molar-refractivity contribution is 5.72. The molecule has 132 valence electrons. The Labute approximate surface area is 155 Å². The summed E-state index contributed by atoms with van der Waals surface area (Å²) in [5.41, 5.74) is 10.7. The molecule has 1 heterocycles. The van der Waals surface area contributed by atoms with Crippen molar-refractivity contribution in [2.45, 2.75) is 25.9 Å². The lowest BCUT2D eigenvalue weighted by molar-refractivity contribution is 0.621. The molecule has 4 heteroatoms. The summed E-state index contributed by atoms with van der Waals surface area (Å²) in [5, 5.41) is 13.2. The first-order valence-electron chi connectivity index (χ1n) is 8.83. The van der Waals surface area contributed by atoms with Crippen molar-refractivity contribution in [2.24, 2.45) is 0 Å². The van der Waals surface area contributed by atoms with E-state index in [0.717, 1.165) is 16.8 Å². The van der Waals surface area contributed by atoms with Gasteiger partial charge in [0.15, 0.2) is 0 Å². The fourth-order valence-electron chi connectivity index (χ4n) is 3.14. The van der Waals surface area contributed by atoms with Crippen LogP contribution in [0.2, 0.25) is 0 Å². The average Bonchev–Trinajstić information content (AvgIpc) is 2.66. The molecule has 2 aromatic carbocycles. The molecule has 4 nitrogen and oxygen atoms in total. The van der Waals surface area contributed by atoms with E-state index in [9.17, 15) is 5.26 Å². The molecule has 0 aromatic heterocycles. The van der Waals surface area contributed by atoms with Crippen LogP contribution in [0.25, 0.3) is 0 Å². The molecule has 3 N–H and O–H groups in total. The van der Waals surface area contributed by atoms with Crippen molar-refractivity contribution in [3.05, 3.63) is 83.6 Å². The third-order valence-electron chi connectivity index (χ3n) is 4.39. The van der Waals surface area contributed by atoms with E-state index in [0.29, 0.717) is 23.8 Å². The van der Waals surface area contributed by atoms with Crippen molar-refractivity contribution in [1.29, 1.82) is 5.26 Å². The van der Waals surface area contributed by atoms with Crippen molar-refractivity contribution in [2.75, 3.05) is 17.2 Å². The van der Waals surface area contributed by atoms with Crippen LogP contribution in [-0.2, 0) is 0 Å². The second kappa shape index (κ2) is 7.90. The van der Waals surface area contributed by atoms with Crippen LogP contribution >= 0.6 is 0 Å². The molecule has 0 bridgehead atoms. The molecule has 1 aliphatic rings. The zero-order valence-corrected chi connectivity index (χ0v) is 15.2. The van der Waals surface area contributed by atoms with Crippen LogP contribution in [-0.4, -0.2) is 12.6 Å². The number of rotatable bonds is 5. The highest BCUT2D eigenvalue weighted by Crippen LogP contribution is 2.39. The SMILES string of the molecule is CC(C)NCC1=CN(c2ccccc2N)C(c2ccccc2)C(C#N)=C1. The Kier molecular flexibility index (Phi) is 5.40. The molecule has 2 aromatic rings. The maximum absolute atomic E-state index is 9.83. The van der Waals surface area contributed by atoms with Gasteiger partial charge in [-0.2, -0.15) is 5.26 Å². The van der Waals surface area contributed by atoms with Crippen LogP contribution in [0.5, 0.6) is 0 Å². The van der Waals surface area contributed by atoms with Gasteiger partial charge in [-0.3, -0.25) is 0 Å². The van der Waals surface area contributed by atoms with Gasteiger partial charge < -0.3 is 16.0 Å². The lowest BCUT2D eigenvalue weighted by Gasteiger charge is -2.35. The Morgan fingerprint density at radius 2 is 1.81 bits per heavy atom. The van der Waals surface area contributed by atoms with Gasteiger partial charge in [0.1, 0.15) is 0 Å². The average molecular weight is 344 g/mol. The van der Waals surface area contributed by atoms with Crippen molar-refractivity contribution in [1.82, 2.24) is 5.32 Å². The van der Waals surface area contributed by atoms with Gasteiger partial charge in [-0.25, -0.2) is 0 Å². The van der Waals surface area contributed by atoms with E-state index in [4.69, 9.17) is 5.73 Å². The number of para-hydroxylation sites is 2. The van der Waals surface area contributed by atoms with Crippen LogP contribution in [0.1, 0.15) is 25.5 Å². The zero-order valence-electron chi connectivity index (χ0n) is 15.2. The van der Waals surface area contributed by atoms with Gasteiger partial charge in [0.2, 0.25) is 0 Å². The third-order valence-corrected chi connectivity index (χ3v) is 4.39. The largest absolute Gasteiger partial charge is 0.397 e. The molecule has 0 fully saturated rings. The number of nitrogen functional groups attached to an aromatic ring is 1. The van der Waals surface area contributed by atoms with Gasteiger partial charge in [-0.05, 0) is 29.3 Å². The number of hydrogen-bond acceptors (Lipinski definition) is 4. The normalized spacial score (nSPS) is 16.8. The van der Waals surface area contributed by atoms with Crippen molar-refractivity contribution in [3.63, 3.8) is 0 Å². The summed E-state index contributed by atoms with van der Waals surface area (Å²) in [6.45, 7) is 4.92.